The number of aryl methyl sites for hydroxylation is 1. The van der Waals surface area contributed by atoms with Crippen LogP contribution in [0.15, 0.2) is 24.4 Å². The number of carbonyl (C=O) groups is 1. The smallest absolute Gasteiger partial charge is 0.142 e. The lowest BCUT2D eigenvalue weighted by Gasteiger charge is -1.92. The van der Waals surface area contributed by atoms with Crippen molar-refractivity contribution in [3.05, 3.63) is 30.1 Å². The second-order valence-corrected chi connectivity index (χ2v) is 2.04. The Morgan fingerprint density at radius 2 is 2.40 bits per heavy atom. The minimum atomic E-state index is 0.771. The first kappa shape index (κ1) is 6.81. The Kier molecular flexibility index (Phi) is 2.05. The van der Waals surface area contributed by atoms with Crippen LogP contribution in [0.25, 0.3) is 6.08 Å². The van der Waals surface area contributed by atoms with Crippen molar-refractivity contribution in [2.45, 2.75) is 0 Å². The topological polar surface area (TPSA) is 22.0 Å². The van der Waals surface area contributed by atoms with Gasteiger partial charge < -0.3 is 4.57 Å². The molecule has 0 aliphatic heterocycles. The van der Waals surface area contributed by atoms with Crippen LogP contribution in [-0.4, -0.2) is 10.9 Å². The highest BCUT2D eigenvalue weighted by atomic mass is 16.1. The number of rotatable bonds is 2. The Bertz CT molecular complexity index is 248. The maximum absolute atomic E-state index is 9.92. The predicted octanol–water partition coefficient (Wildman–Crippen LogP) is 1.24. The molecule has 0 N–H and O–H groups in total. The van der Waals surface area contributed by atoms with Crippen LogP contribution >= 0.6 is 0 Å². The molecule has 0 atom stereocenters. The number of nitrogens with zero attached hydrogens (tertiary/aromatic N) is 1. The van der Waals surface area contributed by atoms with Crippen molar-refractivity contribution in [3.8, 4) is 0 Å². The van der Waals surface area contributed by atoms with E-state index in [2.05, 4.69) is 0 Å². The zero-order valence-electron chi connectivity index (χ0n) is 5.82. The van der Waals surface area contributed by atoms with Crippen molar-refractivity contribution in [2.75, 3.05) is 0 Å². The van der Waals surface area contributed by atoms with Gasteiger partial charge >= 0.3 is 0 Å². The first-order valence-corrected chi connectivity index (χ1v) is 3.08. The molecule has 52 valence electrons. The molecule has 0 aromatic carbocycles. The summed E-state index contributed by atoms with van der Waals surface area (Å²) in [6.07, 6.45) is 5.96. The molecule has 0 radical (unpaired) electrons. The zero-order valence-corrected chi connectivity index (χ0v) is 5.82. The van der Waals surface area contributed by atoms with Crippen LogP contribution in [-0.2, 0) is 11.8 Å². The lowest BCUT2D eigenvalue weighted by atomic mass is 10.4. The van der Waals surface area contributed by atoms with E-state index in [1.165, 1.54) is 6.08 Å². The van der Waals surface area contributed by atoms with E-state index < -0.39 is 0 Å². The number of allylic oxidation sites excluding steroid dienone is 1. The van der Waals surface area contributed by atoms with E-state index >= 15 is 0 Å². The van der Waals surface area contributed by atoms with Crippen molar-refractivity contribution < 1.29 is 4.79 Å². The Labute approximate surface area is 59.8 Å². The van der Waals surface area contributed by atoms with E-state index in [0.717, 1.165) is 12.0 Å². The summed E-state index contributed by atoms with van der Waals surface area (Å²) in [6.45, 7) is 0. The second kappa shape index (κ2) is 3.01. The standard InChI is InChI=1S/C8H9NO/c1-9-6-2-4-8(9)5-3-7-10/h2-7H,1H3. The van der Waals surface area contributed by atoms with E-state index in [4.69, 9.17) is 0 Å². The van der Waals surface area contributed by atoms with Gasteiger partial charge in [0, 0.05) is 18.9 Å². The molecule has 0 unspecified atom stereocenters. The van der Waals surface area contributed by atoms with E-state index in [1.807, 2.05) is 29.9 Å². The highest BCUT2D eigenvalue weighted by Gasteiger charge is 1.87. The molecule has 1 aromatic heterocycles. The number of carbonyl (C=O) groups excluding carboxylic acids is 1. The van der Waals surface area contributed by atoms with Gasteiger partial charge in [-0.2, -0.15) is 0 Å². The Balaban J connectivity index is 2.83. The van der Waals surface area contributed by atoms with E-state index in [9.17, 15) is 4.79 Å². The monoisotopic (exact) mass is 135 g/mol. The molecule has 10 heavy (non-hydrogen) atoms. The lowest BCUT2D eigenvalue weighted by Crippen LogP contribution is -1.86. The maximum Gasteiger partial charge on any atom is 0.142 e. The van der Waals surface area contributed by atoms with Gasteiger partial charge in [-0.05, 0) is 24.3 Å². The predicted molar refractivity (Wildman–Crippen MR) is 40.5 cm³/mol. The molecule has 1 heterocycles. The molecule has 2 nitrogen and oxygen atoms in total. The summed E-state index contributed by atoms with van der Waals surface area (Å²) < 4.78 is 1.94. The molecular weight excluding hydrogens is 126 g/mol. The molecule has 0 aliphatic carbocycles. The Morgan fingerprint density at radius 3 is 2.90 bits per heavy atom. The van der Waals surface area contributed by atoms with Gasteiger partial charge in [-0.1, -0.05) is 0 Å². The van der Waals surface area contributed by atoms with Gasteiger partial charge in [-0.25, -0.2) is 0 Å². The summed E-state index contributed by atoms with van der Waals surface area (Å²) >= 11 is 0. The van der Waals surface area contributed by atoms with Crippen LogP contribution in [0, 0.1) is 0 Å². The summed E-state index contributed by atoms with van der Waals surface area (Å²) in [5.74, 6) is 0. The normalized spacial score (nSPS) is 10.5. The molecule has 0 saturated heterocycles. The molecule has 0 spiro atoms. The van der Waals surface area contributed by atoms with E-state index in [0.29, 0.717) is 0 Å². The van der Waals surface area contributed by atoms with Gasteiger partial charge in [-0.15, -0.1) is 0 Å². The van der Waals surface area contributed by atoms with Crippen LogP contribution in [0.4, 0.5) is 0 Å². The summed E-state index contributed by atoms with van der Waals surface area (Å²) in [5, 5.41) is 0. The van der Waals surface area contributed by atoms with Gasteiger partial charge in [0.05, 0.1) is 0 Å². The number of aldehydes is 1. The molecule has 0 fully saturated rings. The second-order valence-electron chi connectivity index (χ2n) is 2.04. The van der Waals surface area contributed by atoms with Crippen LogP contribution in [0.3, 0.4) is 0 Å². The van der Waals surface area contributed by atoms with Crippen molar-refractivity contribution >= 4 is 12.4 Å². The van der Waals surface area contributed by atoms with Gasteiger partial charge in [0.15, 0.2) is 0 Å². The largest absolute Gasteiger partial charge is 0.351 e. The zero-order chi connectivity index (χ0) is 7.40. The van der Waals surface area contributed by atoms with Crippen LogP contribution < -0.4 is 0 Å². The molecule has 0 amide bonds. The van der Waals surface area contributed by atoms with E-state index in [1.54, 1.807) is 6.08 Å². The molecule has 0 bridgehead atoms. The van der Waals surface area contributed by atoms with Crippen molar-refractivity contribution in [1.29, 1.82) is 0 Å². The van der Waals surface area contributed by atoms with Gasteiger partial charge in [-0.3, -0.25) is 4.79 Å². The third kappa shape index (κ3) is 1.35. The fraction of sp³-hybridized carbons (Fsp3) is 0.125. The van der Waals surface area contributed by atoms with Crippen LogP contribution in [0.2, 0.25) is 0 Å². The lowest BCUT2D eigenvalue weighted by molar-refractivity contribution is -0.104. The van der Waals surface area contributed by atoms with Crippen molar-refractivity contribution in [3.63, 3.8) is 0 Å². The molecule has 1 rings (SSSR count). The average molecular weight is 135 g/mol. The maximum atomic E-state index is 9.92. The van der Waals surface area contributed by atoms with E-state index in [-0.39, 0.29) is 0 Å². The highest BCUT2D eigenvalue weighted by Crippen LogP contribution is 2.00. The fourth-order valence-electron chi connectivity index (χ4n) is 0.785. The molecule has 2 heteroatoms. The molecular formula is C8H9NO. The van der Waals surface area contributed by atoms with Crippen molar-refractivity contribution in [2.24, 2.45) is 7.05 Å². The molecule has 0 aliphatic rings. The third-order valence-electron chi connectivity index (χ3n) is 1.33. The minimum Gasteiger partial charge on any atom is -0.351 e. The summed E-state index contributed by atoms with van der Waals surface area (Å²) in [7, 11) is 1.93. The quantitative estimate of drug-likeness (QED) is 0.441. The SMILES string of the molecule is Cn1cccc1C=CC=O. The highest BCUT2D eigenvalue weighted by molar-refractivity contribution is 5.73. The summed E-state index contributed by atoms with van der Waals surface area (Å²) in [6, 6.07) is 3.88. The molecule has 1 aromatic rings. The first-order chi connectivity index (χ1) is 4.84. The average Bonchev–Trinajstić information content (AvgIpc) is 2.31. The van der Waals surface area contributed by atoms with Gasteiger partial charge in [0.1, 0.15) is 6.29 Å². The minimum absolute atomic E-state index is 0.771. The number of hydrogen-bond acceptors (Lipinski definition) is 1. The van der Waals surface area contributed by atoms with Crippen LogP contribution in [0.5, 0.6) is 0 Å². The first-order valence-electron chi connectivity index (χ1n) is 3.08. The number of hydrogen-bond donors (Lipinski definition) is 0. The Morgan fingerprint density at radius 1 is 1.60 bits per heavy atom. The summed E-state index contributed by atoms with van der Waals surface area (Å²) in [4.78, 5) is 9.92. The van der Waals surface area contributed by atoms with Crippen LogP contribution in [0.1, 0.15) is 5.69 Å². The van der Waals surface area contributed by atoms with Gasteiger partial charge in [0.25, 0.3) is 0 Å². The van der Waals surface area contributed by atoms with Crippen molar-refractivity contribution in [1.82, 2.24) is 4.57 Å². The molecule has 0 saturated carbocycles. The summed E-state index contributed by atoms with van der Waals surface area (Å²) in [5.41, 5.74) is 1.03. The Hall–Kier alpha value is -1.31. The van der Waals surface area contributed by atoms with Gasteiger partial charge in [0.2, 0.25) is 0 Å². The third-order valence-corrected chi connectivity index (χ3v) is 1.33. The fourth-order valence-corrected chi connectivity index (χ4v) is 0.785. The number of aromatic nitrogens is 1.